The first kappa shape index (κ1) is 12.2. The Balaban J connectivity index is 0.00000144. The van der Waals surface area contributed by atoms with Crippen molar-refractivity contribution in [2.24, 2.45) is 0 Å². The Labute approximate surface area is 84.4 Å². The molecule has 1 aromatic carbocycles. The number of nitrogens with one attached hydrogen (secondary N) is 1. The topological polar surface area (TPSA) is 58.3 Å². The maximum atomic E-state index is 9.53. The lowest BCUT2D eigenvalue weighted by atomic mass is 10.1. The largest absolute Gasteiger partial charge is 0.399 e. The van der Waals surface area contributed by atoms with Crippen molar-refractivity contribution < 1.29 is 5.11 Å². The number of benzene rings is 1. The zero-order valence-corrected chi connectivity index (χ0v) is 8.34. The van der Waals surface area contributed by atoms with E-state index in [1.807, 2.05) is 12.1 Å². The molecule has 0 saturated carbocycles. The Kier molecular flexibility index (Phi) is 5.46. The Morgan fingerprint density at radius 1 is 1.54 bits per heavy atom. The molecule has 4 heteroatoms. The third-order valence-electron chi connectivity index (χ3n) is 1.69. The van der Waals surface area contributed by atoms with Gasteiger partial charge in [-0.2, -0.15) is 0 Å². The van der Waals surface area contributed by atoms with Crippen molar-refractivity contribution in [2.75, 3.05) is 19.3 Å². The summed E-state index contributed by atoms with van der Waals surface area (Å²) in [5, 5.41) is 12.4. The van der Waals surface area contributed by atoms with E-state index < -0.39 is 6.10 Å². The number of halogens is 1. The van der Waals surface area contributed by atoms with Crippen LogP contribution in [-0.2, 0) is 0 Å². The summed E-state index contributed by atoms with van der Waals surface area (Å²) < 4.78 is 0. The molecule has 1 atom stereocenters. The van der Waals surface area contributed by atoms with E-state index >= 15 is 0 Å². The van der Waals surface area contributed by atoms with Crippen LogP contribution in [0.4, 0.5) is 5.69 Å². The van der Waals surface area contributed by atoms with Gasteiger partial charge in [-0.05, 0) is 24.7 Å². The van der Waals surface area contributed by atoms with E-state index in [1.54, 1.807) is 19.2 Å². The van der Waals surface area contributed by atoms with Crippen molar-refractivity contribution in [3.8, 4) is 0 Å². The fourth-order valence-corrected chi connectivity index (χ4v) is 1.08. The summed E-state index contributed by atoms with van der Waals surface area (Å²) in [5.74, 6) is 0. The predicted octanol–water partition coefficient (Wildman–Crippen LogP) is 0.943. The average Bonchev–Trinajstić information content (AvgIpc) is 2.05. The van der Waals surface area contributed by atoms with Crippen LogP contribution >= 0.6 is 12.4 Å². The van der Waals surface area contributed by atoms with Gasteiger partial charge in [0.15, 0.2) is 0 Å². The fraction of sp³-hybridized carbons (Fsp3) is 0.333. The Morgan fingerprint density at radius 2 is 2.23 bits per heavy atom. The molecule has 0 aromatic heterocycles. The lowest BCUT2D eigenvalue weighted by Gasteiger charge is -2.10. The molecule has 74 valence electrons. The van der Waals surface area contributed by atoms with Crippen LogP contribution < -0.4 is 11.1 Å². The molecule has 0 radical (unpaired) electrons. The van der Waals surface area contributed by atoms with Gasteiger partial charge in [-0.3, -0.25) is 0 Å². The van der Waals surface area contributed by atoms with Crippen LogP contribution in [0, 0.1) is 0 Å². The molecular formula is C9H15ClN2O. The highest BCUT2D eigenvalue weighted by molar-refractivity contribution is 5.85. The van der Waals surface area contributed by atoms with Gasteiger partial charge in [0.2, 0.25) is 0 Å². The number of aliphatic hydroxyl groups is 1. The Hall–Kier alpha value is -0.770. The molecule has 4 N–H and O–H groups in total. The lowest BCUT2D eigenvalue weighted by Crippen LogP contribution is -2.16. The molecule has 0 aliphatic carbocycles. The summed E-state index contributed by atoms with van der Waals surface area (Å²) in [6, 6.07) is 7.28. The van der Waals surface area contributed by atoms with Crippen molar-refractivity contribution in [2.45, 2.75) is 6.10 Å². The zero-order chi connectivity index (χ0) is 8.97. The van der Waals surface area contributed by atoms with Gasteiger partial charge in [0, 0.05) is 12.2 Å². The summed E-state index contributed by atoms with van der Waals surface area (Å²) >= 11 is 0. The van der Waals surface area contributed by atoms with Crippen LogP contribution in [0.15, 0.2) is 24.3 Å². The first-order valence-electron chi connectivity index (χ1n) is 3.92. The molecule has 3 nitrogen and oxygen atoms in total. The van der Waals surface area contributed by atoms with Crippen molar-refractivity contribution in [3.05, 3.63) is 29.8 Å². The zero-order valence-electron chi connectivity index (χ0n) is 7.53. The van der Waals surface area contributed by atoms with Gasteiger partial charge in [0.05, 0.1) is 6.10 Å². The van der Waals surface area contributed by atoms with E-state index in [0.717, 1.165) is 5.56 Å². The van der Waals surface area contributed by atoms with Gasteiger partial charge in [0.1, 0.15) is 0 Å². The molecule has 0 amide bonds. The van der Waals surface area contributed by atoms with E-state index in [0.29, 0.717) is 12.2 Å². The minimum atomic E-state index is -0.474. The van der Waals surface area contributed by atoms with Crippen LogP contribution in [0.1, 0.15) is 11.7 Å². The number of hydrogen-bond donors (Lipinski definition) is 3. The molecule has 0 aliphatic heterocycles. The molecular weight excluding hydrogens is 188 g/mol. The SMILES string of the molecule is CNCC(O)c1cccc(N)c1.Cl. The van der Waals surface area contributed by atoms with Crippen LogP contribution in [0.3, 0.4) is 0 Å². The number of rotatable bonds is 3. The van der Waals surface area contributed by atoms with Crippen LogP contribution in [0.5, 0.6) is 0 Å². The molecule has 0 bridgehead atoms. The molecule has 0 fully saturated rings. The third-order valence-corrected chi connectivity index (χ3v) is 1.69. The Morgan fingerprint density at radius 3 is 2.77 bits per heavy atom. The maximum Gasteiger partial charge on any atom is 0.0915 e. The third kappa shape index (κ3) is 3.63. The second-order valence-corrected chi connectivity index (χ2v) is 2.74. The van der Waals surface area contributed by atoms with E-state index in [1.165, 1.54) is 0 Å². The van der Waals surface area contributed by atoms with E-state index in [9.17, 15) is 5.11 Å². The average molecular weight is 203 g/mol. The minimum absolute atomic E-state index is 0. The molecule has 1 aromatic rings. The molecule has 0 saturated heterocycles. The number of anilines is 1. The van der Waals surface area contributed by atoms with E-state index in [-0.39, 0.29) is 12.4 Å². The first-order chi connectivity index (χ1) is 5.74. The summed E-state index contributed by atoms with van der Waals surface area (Å²) in [6.07, 6.45) is -0.474. The summed E-state index contributed by atoms with van der Waals surface area (Å²) in [5.41, 5.74) is 7.10. The highest BCUT2D eigenvalue weighted by Gasteiger charge is 2.04. The normalized spacial score (nSPS) is 11.8. The molecule has 0 aliphatic rings. The number of likely N-dealkylation sites (N-methyl/N-ethyl adjacent to an activating group) is 1. The number of nitrogen functional groups attached to an aromatic ring is 1. The number of nitrogens with two attached hydrogens (primary N) is 1. The Bertz CT molecular complexity index is 255. The number of aliphatic hydroxyl groups excluding tert-OH is 1. The predicted molar refractivity (Wildman–Crippen MR) is 57.0 cm³/mol. The smallest absolute Gasteiger partial charge is 0.0915 e. The van der Waals surface area contributed by atoms with Gasteiger partial charge in [-0.25, -0.2) is 0 Å². The summed E-state index contributed by atoms with van der Waals surface area (Å²) in [4.78, 5) is 0. The second kappa shape index (κ2) is 5.80. The highest BCUT2D eigenvalue weighted by atomic mass is 35.5. The minimum Gasteiger partial charge on any atom is -0.399 e. The molecule has 1 rings (SSSR count). The van der Waals surface area contributed by atoms with Crippen LogP contribution in [-0.4, -0.2) is 18.7 Å². The quantitative estimate of drug-likeness (QED) is 0.640. The van der Waals surface area contributed by atoms with Crippen LogP contribution in [0.2, 0.25) is 0 Å². The highest BCUT2D eigenvalue weighted by Crippen LogP contribution is 2.14. The standard InChI is InChI=1S/C9H14N2O.ClH/c1-11-6-9(12)7-3-2-4-8(10)5-7;/h2-5,9,11-12H,6,10H2,1H3;1H. The molecule has 1 unspecified atom stereocenters. The fourth-order valence-electron chi connectivity index (χ4n) is 1.08. The lowest BCUT2D eigenvalue weighted by molar-refractivity contribution is 0.178. The number of hydrogen-bond acceptors (Lipinski definition) is 3. The van der Waals surface area contributed by atoms with Crippen molar-refractivity contribution >= 4 is 18.1 Å². The van der Waals surface area contributed by atoms with Gasteiger partial charge in [-0.1, -0.05) is 12.1 Å². The van der Waals surface area contributed by atoms with Crippen molar-refractivity contribution in [3.63, 3.8) is 0 Å². The van der Waals surface area contributed by atoms with Gasteiger partial charge < -0.3 is 16.2 Å². The van der Waals surface area contributed by atoms with Crippen molar-refractivity contribution in [1.29, 1.82) is 0 Å². The summed E-state index contributed by atoms with van der Waals surface area (Å²) in [6.45, 7) is 0.545. The first-order valence-corrected chi connectivity index (χ1v) is 3.92. The molecule has 0 heterocycles. The van der Waals surface area contributed by atoms with Crippen molar-refractivity contribution in [1.82, 2.24) is 5.32 Å². The van der Waals surface area contributed by atoms with Gasteiger partial charge in [-0.15, -0.1) is 12.4 Å². The van der Waals surface area contributed by atoms with E-state index in [4.69, 9.17) is 5.73 Å². The van der Waals surface area contributed by atoms with Gasteiger partial charge >= 0.3 is 0 Å². The monoisotopic (exact) mass is 202 g/mol. The molecule has 0 spiro atoms. The summed E-state index contributed by atoms with van der Waals surface area (Å²) in [7, 11) is 1.80. The maximum absolute atomic E-state index is 9.53. The van der Waals surface area contributed by atoms with Crippen LogP contribution in [0.25, 0.3) is 0 Å². The van der Waals surface area contributed by atoms with Gasteiger partial charge in [0.25, 0.3) is 0 Å². The second-order valence-electron chi connectivity index (χ2n) is 2.74. The molecule has 13 heavy (non-hydrogen) atoms. The van der Waals surface area contributed by atoms with E-state index in [2.05, 4.69) is 5.32 Å².